The molecule has 0 radical (unpaired) electrons. The Morgan fingerprint density at radius 3 is 1.21 bits per heavy atom. The minimum Gasteiger partial charge on any atom is -0.341 e. The molecule has 2 N–H and O–H groups in total. The number of anilines is 3. The van der Waals surface area contributed by atoms with Gasteiger partial charge < -0.3 is 15.5 Å². The van der Waals surface area contributed by atoms with E-state index in [1.807, 2.05) is 6.07 Å². The zero-order valence-electron chi connectivity index (χ0n) is 53.1. The van der Waals surface area contributed by atoms with Gasteiger partial charge in [0, 0.05) is 67.2 Å². The molecule has 502 valence electrons. The van der Waals surface area contributed by atoms with E-state index in [0.717, 1.165) is 57.3 Å². The number of halogens is 9. The second-order valence-electron chi connectivity index (χ2n) is 23.9. The Bertz CT molecular complexity index is 4570. The maximum atomic E-state index is 13.8. The molecule has 0 bridgehead atoms. The highest BCUT2D eigenvalue weighted by atomic mass is 19.4. The van der Waals surface area contributed by atoms with Crippen molar-refractivity contribution >= 4 is 58.5 Å². The fourth-order valence-corrected chi connectivity index (χ4v) is 13.3. The van der Waals surface area contributed by atoms with Crippen LogP contribution >= 0.6 is 0 Å². The number of nitrogens with one attached hydrogen (secondary N) is 2. The molecule has 8 amide bonds. The number of hydrogen-bond acceptors (Lipinski definition) is 10. The summed E-state index contributed by atoms with van der Waals surface area (Å²) >= 11 is 0. The van der Waals surface area contributed by atoms with Crippen molar-refractivity contribution in [2.45, 2.75) is 115 Å². The number of carbonyl (C=O) groups is 7. The number of urea groups is 4. The van der Waals surface area contributed by atoms with E-state index in [9.17, 15) is 78.3 Å². The normalized spacial score (nSPS) is 18.8. The summed E-state index contributed by atoms with van der Waals surface area (Å²) in [5.41, 5.74) is 4.75. The number of benzene rings is 6. The second-order valence-corrected chi connectivity index (χ2v) is 23.9. The first-order chi connectivity index (χ1) is 46.4. The molecule has 2 unspecified atom stereocenters. The van der Waals surface area contributed by atoms with Crippen LogP contribution in [0.3, 0.4) is 0 Å². The number of Topliss-reactive ketones (excluding diaryl/α,β-unsaturated/α-hetero) is 3. The van der Waals surface area contributed by atoms with Gasteiger partial charge in [0.25, 0.3) is 0 Å². The molecule has 0 saturated heterocycles. The van der Waals surface area contributed by atoms with Gasteiger partial charge in [-0.2, -0.15) is 55.3 Å². The predicted octanol–water partition coefficient (Wildman–Crippen LogP) is 15.9. The average molecular weight is 1350 g/mol. The van der Waals surface area contributed by atoms with Crippen LogP contribution in [0, 0.1) is 54.8 Å². The third-order valence-corrected chi connectivity index (χ3v) is 17.8. The number of alkyl halides is 9. The molecular weight excluding hydrogens is 1290 g/mol. The van der Waals surface area contributed by atoms with Crippen LogP contribution in [-0.4, -0.2) is 65.4 Å². The molecule has 3 atom stereocenters. The van der Waals surface area contributed by atoms with Gasteiger partial charge in [-0.05, 0) is 184 Å². The van der Waals surface area contributed by atoms with Crippen molar-refractivity contribution in [3.63, 3.8) is 0 Å². The number of hydrogen-bond donors (Lipinski definition) is 2. The molecule has 6 aromatic carbocycles. The minimum absolute atomic E-state index is 0.0597. The molecule has 0 aromatic heterocycles. The summed E-state index contributed by atoms with van der Waals surface area (Å²) in [4.78, 5) is 98.1. The van der Waals surface area contributed by atoms with Crippen molar-refractivity contribution in [3.8, 4) is 18.2 Å². The quantitative estimate of drug-likeness (QED) is 0.150. The monoisotopic (exact) mass is 1350 g/mol. The third kappa shape index (κ3) is 13.5. The van der Waals surface area contributed by atoms with E-state index in [4.69, 9.17) is 10.5 Å². The maximum absolute atomic E-state index is 13.8. The Hall–Kier alpha value is -11.3. The number of nitriles is 3. The average Bonchev–Trinajstić information content (AvgIpc) is 0.740. The van der Waals surface area contributed by atoms with E-state index in [-0.39, 0.29) is 58.5 Å². The first kappa shape index (κ1) is 69.5. The Labute approximate surface area is 555 Å². The fourth-order valence-electron chi connectivity index (χ4n) is 13.3. The van der Waals surface area contributed by atoms with Crippen LogP contribution in [0.1, 0.15) is 143 Å². The molecule has 3 heterocycles. The van der Waals surface area contributed by atoms with Gasteiger partial charge in [-0.1, -0.05) is 36.4 Å². The lowest BCUT2D eigenvalue weighted by Gasteiger charge is -2.44. The molecule has 6 aliphatic rings. The van der Waals surface area contributed by atoms with Crippen LogP contribution in [0.5, 0.6) is 0 Å². The molecule has 26 heteroatoms. The Morgan fingerprint density at radius 2 is 0.827 bits per heavy atom. The van der Waals surface area contributed by atoms with Crippen molar-refractivity contribution in [1.29, 1.82) is 15.8 Å². The van der Waals surface area contributed by atoms with Gasteiger partial charge in [-0.15, -0.1) is 0 Å². The standard InChI is InChI=1S/C25H21F3N4O3.C24H20F3N3O2.C23H18F3N3O2/c1-14-11-15(13-29)9-10-18(14)22-21-19(7-4-8-20(21)33)31(24(35)32(22)23(34)30-2)17-6-3-5-16(12-17)25(26,27)28;1-14-11-15(13-28)9-10-18(14)22-21-19(7-4-8-20(21)31)30(23(32)29(22)2)17-6-3-5-16(12-17)24(25,26)27;1-13-10-14(12-27)8-9-17(13)21-20-18(6-3-7-19(20)30)29(22(31)28-21)16-5-2-4-15(11-16)23(24,25)26/h3,5-6,9-12,22H,4,7-8H2,1-2H3,(H,30,34);3,5-6,9-12,22H,4,7-8H2,1-2H3;2,4-5,8-11,21H,3,6-7H2,1H3,(H,28,31)/t;22-;/m.1./s1. The number of allylic oxidation sites excluding steroid dienone is 3. The maximum Gasteiger partial charge on any atom is 0.416 e. The lowest BCUT2D eigenvalue weighted by molar-refractivity contribution is -0.138. The minimum atomic E-state index is -4.64. The summed E-state index contributed by atoms with van der Waals surface area (Å²) < 4.78 is 120. The van der Waals surface area contributed by atoms with Gasteiger partial charge in [-0.3, -0.25) is 29.1 Å². The summed E-state index contributed by atoms with van der Waals surface area (Å²) in [6.07, 6.45) is -10.4. The lowest BCUT2D eigenvalue weighted by atomic mass is 9.82. The van der Waals surface area contributed by atoms with E-state index in [1.54, 1.807) is 69.3 Å². The van der Waals surface area contributed by atoms with E-state index in [0.29, 0.717) is 106 Å². The highest BCUT2D eigenvalue weighted by Crippen LogP contribution is 2.49. The molecule has 6 aromatic rings. The highest BCUT2D eigenvalue weighted by Gasteiger charge is 2.49. The van der Waals surface area contributed by atoms with E-state index < -0.39 is 77.5 Å². The zero-order chi connectivity index (χ0) is 71.0. The number of nitrogens with zero attached hydrogens (tertiary/aromatic N) is 8. The SMILES string of the molecule is CNC(=O)N1C(=O)N(c2cccc(C(F)(F)F)c2)C2=C(C(=O)CCC2)C1c1ccc(C#N)cc1C.Cc1cc(C#N)ccc1C1NC(=O)N(c2cccc(C(F)(F)F)c2)C2=C1C(=O)CCC2.Cc1cc(C#N)ccc1[C@@H]1C2=C(CCCC2=O)N(c2cccc(C(F)(F)F)c2)C(=O)N1C. The zero-order valence-corrected chi connectivity index (χ0v) is 53.1. The second kappa shape index (κ2) is 27.4. The van der Waals surface area contributed by atoms with Gasteiger partial charge in [0.05, 0.1) is 86.8 Å². The first-order valence-electron chi connectivity index (χ1n) is 30.8. The molecule has 3 aliphatic heterocycles. The topological polar surface area (TPSA) is 231 Å². The van der Waals surface area contributed by atoms with Gasteiger partial charge in [0.2, 0.25) is 0 Å². The van der Waals surface area contributed by atoms with Crippen LogP contribution in [0.2, 0.25) is 0 Å². The van der Waals surface area contributed by atoms with Gasteiger partial charge in [0.15, 0.2) is 17.3 Å². The lowest BCUT2D eigenvalue weighted by Crippen LogP contribution is -2.56. The summed E-state index contributed by atoms with van der Waals surface area (Å²) in [6.45, 7) is 5.30. The number of rotatable bonds is 6. The van der Waals surface area contributed by atoms with E-state index in [2.05, 4.69) is 22.8 Å². The van der Waals surface area contributed by atoms with Crippen LogP contribution in [0.25, 0.3) is 0 Å². The van der Waals surface area contributed by atoms with Crippen LogP contribution in [0.15, 0.2) is 161 Å². The summed E-state index contributed by atoms with van der Waals surface area (Å²) in [6, 6.07) is 29.0. The number of imide groups is 1. The summed E-state index contributed by atoms with van der Waals surface area (Å²) in [5, 5.41) is 32.7. The largest absolute Gasteiger partial charge is 0.416 e. The highest BCUT2D eigenvalue weighted by molar-refractivity contribution is 6.12. The fraction of sp³-hybridized carbons (Fsp3) is 0.278. The summed E-state index contributed by atoms with van der Waals surface area (Å²) in [7, 11) is 2.86. The molecule has 0 saturated carbocycles. The molecule has 3 aliphatic carbocycles. The summed E-state index contributed by atoms with van der Waals surface area (Å²) in [5.74, 6) is -0.568. The van der Waals surface area contributed by atoms with Crippen molar-refractivity contribution in [1.82, 2.24) is 20.4 Å². The van der Waals surface area contributed by atoms with Crippen molar-refractivity contribution in [2.75, 3.05) is 28.8 Å². The van der Waals surface area contributed by atoms with Crippen molar-refractivity contribution in [2.24, 2.45) is 0 Å². The molecule has 0 spiro atoms. The number of aryl methyl sites for hydroxylation is 3. The number of carbonyl (C=O) groups excluding carboxylic acids is 7. The molecule has 0 fully saturated rings. The molecular formula is C72H59F9N10O7. The number of likely N-dealkylation sites (N-methyl/N-ethyl adjacent to an activating group) is 1. The Morgan fingerprint density at radius 1 is 0.469 bits per heavy atom. The van der Waals surface area contributed by atoms with Crippen LogP contribution < -0.4 is 25.3 Å². The van der Waals surface area contributed by atoms with Crippen molar-refractivity contribution < 1.29 is 73.1 Å². The smallest absolute Gasteiger partial charge is 0.341 e. The molecule has 17 nitrogen and oxygen atoms in total. The molecule has 98 heavy (non-hydrogen) atoms. The predicted molar refractivity (Wildman–Crippen MR) is 339 cm³/mol. The Balaban J connectivity index is 0.000000160. The van der Waals surface area contributed by atoms with E-state index >= 15 is 0 Å². The van der Waals surface area contributed by atoms with Gasteiger partial charge in [-0.25, -0.2) is 24.1 Å². The van der Waals surface area contributed by atoms with Crippen molar-refractivity contribution in [3.05, 3.63) is 228 Å². The van der Waals surface area contributed by atoms with Crippen LogP contribution in [-0.2, 0) is 32.9 Å². The molecule has 12 rings (SSSR count). The van der Waals surface area contributed by atoms with Crippen LogP contribution in [0.4, 0.5) is 75.8 Å². The first-order valence-corrected chi connectivity index (χ1v) is 30.8. The van der Waals surface area contributed by atoms with Gasteiger partial charge >= 0.3 is 42.7 Å². The van der Waals surface area contributed by atoms with Gasteiger partial charge in [0.1, 0.15) is 0 Å². The number of ketones is 3. The number of amides is 8. The Kier molecular flexibility index (Phi) is 19.4. The van der Waals surface area contributed by atoms with E-state index in [1.165, 1.54) is 71.3 Å². The third-order valence-electron chi connectivity index (χ3n) is 17.8.